The Kier molecular flexibility index (Phi) is 34.5. The number of hydrogen-bond acceptors (Lipinski definition) is 3. The lowest BCUT2D eigenvalue weighted by Gasteiger charge is -2.10. The summed E-state index contributed by atoms with van der Waals surface area (Å²) in [6.07, 6.45) is 45.5. The quantitative estimate of drug-likeness (QED) is 0.0478. The van der Waals surface area contributed by atoms with Gasteiger partial charge < -0.3 is 15.3 Å². The number of rotatable bonds is 36. The summed E-state index contributed by atoms with van der Waals surface area (Å²) in [7, 11) is 0. The summed E-state index contributed by atoms with van der Waals surface area (Å²) in [6.45, 7) is 0. The van der Waals surface area contributed by atoms with Crippen LogP contribution in [-0.2, 0) is 9.59 Å². The normalized spacial score (nSPS) is 11.9. The number of carbonyl (C=O) groups is 2. The highest BCUT2D eigenvalue weighted by Crippen LogP contribution is 2.16. The first-order chi connectivity index (χ1) is 21.5. The first-order valence-corrected chi connectivity index (χ1v) is 18.9. The molecule has 0 rings (SSSR count). The van der Waals surface area contributed by atoms with Crippen molar-refractivity contribution in [2.24, 2.45) is 0 Å². The van der Waals surface area contributed by atoms with Gasteiger partial charge in [0.25, 0.3) is 0 Å². The van der Waals surface area contributed by atoms with Crippen molar-refractivity contribution in [3.05, 3.63) is 24.3 Å². The molecule has 0 amide bonds. The number of carboxylic acids is 2. The second-order valence-corrected chi connectivity index (χ2v) is 13.1. The molecule has 0 radical (unpaired) electrons. The second kappa shape index (κ2) is 35.9. The van der Waals surface area contributed by atoms with Gasteiger partial charge in [-0.05, 0) is 77.0 Å². The average molecular weight is 621 g/mol. The highest BCUT2D eigenvalue weighted by molar-refractivity contribution is 5.66. The Bertz CT molecular complexity index is 615. The molecular weight excluding hydrogens is 548 g/mol. The van der Waals surface area contributed by atoms with Crippen molar-refractivity contribution in [2.75, 3.05) is 0 Å². The molecule has 0 aromatic heterocycles. The lowest BCUT2D eigenvalue weighted by Crippen LogP contribution is -2.05. The van der Waals surface area contributed by atoms with Crippen LogP contribution in [-0.4, -0.2) is 33.4 Å². The molecule has 0 bridgehead atoms. The van der Waals surface area contributed by atoms with Gasteiger partial charge in [-0.3, -0.25) is 9.59 Å². The zero-order chi connectivity index (χ0) is 32.2. The molecule has 0 saturated heterocycles. The van der Waals surface area contributed by atoms with Crippen LogP contribution in [0.2, 0.25) is 0 Å². The van der Waals surface area contributed by atoms with Crippen LogP contribution >= 0.6 is 0 Å². The van der Waals surface area contributed by atoms with Crippen molar-refractivity contribution < 1.29 is 24.9 Å². The highest BCUT2D eigenvalue weighted by atomic mass is 16.4. The maximum atomic E-state index is 10.5. The van der Waals surface area contributed by atoms with E-state index in [1.165, 1.54) is 128 Å². The molecule has 0 heterocycles. The van der Waals surface area contributed by atoms with E-state index in [4.69, 9.17) is 10.2 Å². The van der Waals surface area contributed by atoms with Gasteiger partial charge in [-0.2, -0.15) is 0 Å². The van der Waals surface area contributed by atoms with E-state index in [0.717, 1.165) is 64.2 Å². The standard InChI is InChI=1S/C39H72O5/c40-37(33-29-25-21-17-13-9-5-1-3-7-11-15-19-23-27-31-35-38(41)42)34-30-26-22-18-14-10-6-2-4-8-12-16-20-24-28-32-36-39(43)44/h3-4,7-8,37,40H,1-2,5-6,9-36H2,(H,41,42)(H,43,44)/b7-3-,8-4-. The van der Waals surface area contributed by atoms with Crippen LogP contribution in [0.4, 0.5) is 0 Å². The third-order valence-corrected chi connectivity index (χ3v) is 8.67. The van der Waals surface area contributed by atoms with Gasteiger partial charge in [-0.1, -0.05) is 140 Å². The van der Waals surface area contributed by atoms with Gasteiger partial charge in [-0.15, -0.1) is 0 Å². The number of unbranched alkanes of at least 4 members (excludes halogenated alkanes) is 24. The van der Waals surface area contributed by atoms with Gasteiger partial charge in [0.1, 0.15) is 0 Å². The minimum atomic E-state index is -0.675. The van der Waals surface area contributed by atoms with Crippen molar-refractivity contribution in [1.82, 2.24) is 0 Å². The zero-order valence-electron chi connectivity index (χ0n) is 28.7. The van der Waals surface area contributed by atoms with Crippen molar-refractivity contribution >= 4 is 11.9 Å². The number of aliphatic hydroxyl groups is 1. The second-order valence-electron chi connectivity index (χ2n) is 13.1. The predicted molar refractivity (Wildman–Crippen MR) is 187 cm³/mol. The molecule has 0 fully saturated rings. The average Bonchev–Trinajstić information content (AvgIpc) is 2.99. The van der Waals surface area contributed by atoms with E-state index >= 15 is 0 Å². The number of carboxylic acid groups (broad SMARTS) is 2. The summed E-state index contributed by atoms with van der Waals surface area (Å²) >= 11 is 0. The number of hydrogen-bond donors (Lipinski definition) is 3. The number of aliphatic hydroxyl groups excluding tert-OH is 1. The Morgan fingerprint density at radius 3 is 0.864 bits per heavy atom. The van der Waals surface area contributed by atoms with Crippen LogP contribution in [0.25, 0.3) is 0 Å². The van der Waals surface area contributed by atoms with Crippen LogP contribution < -0.4 is 0 Å². The van der Waals surface area contributed by atoms with E-state index in [9.17, 15) is 14.7 Å². The summed E-state index contributed by atoms with van der Waals surface area (Å²) in [4.78, 5) is 20.9. The fourth-order valence-corrected chi connectivity index (χ4v) is 5.81. The molecule has 0 spiro atoms. The molecule has 0 aliphatic carbocycles. The van der Waals surface area contributed by atoms with Gasteiger partial charge in [0, 0.05) is 12.8 Å². The van der Waals surface area contributed by atoms with E-state index < -0.39 is 11.9 Å². The first kappa shape index (κ1) is 42.4. The SMILES string of the molecule is O=C(O)CCCCCCC/C=C\CCCCCCCCCC(O)CCCCCCCCC/C=C\CCCCCCCC(=O)O. The van der Waals surface area contributed by atoms with Crippen molar-refractivity contribution in [1.29, 1.82) is 0 Å². The summed E-state index contributed by atoms with van der Waals surface area (Å²) in [5.41, 5.74) is 0. The molecule has 0 aliphatic rings. The van der Waals surface area contributed by atoms with E-state index in [2.05, 4.69) is 24.3 Å². The molecule has 44 heavy (non-hydrogen) atoms. The Hall–Kier alpha value is -1.62. The van der Waals surface area contributed by atoms with E-state index in [1.807, 2.05) is 0 Å². The summed E-state index contributed by atoms with van der Waals surface area (Å²) in [5, 5.41) is 27.5. The monoisotopic (exact) mass is 621 g/mol. The molecule has 5 nitrogen and oxygen atoms in total. The van der Waals surface area contributed by atoms with Crippen LogP contribution in [0.5, 0.6) is 0 Å². The molecule has 0 aromatic rings. The van der Waals surface area contributed by atoms with E-state index in [0.29, 0.717) is 12.8 Å². The molecule has 3 N–H and O–H groups in total. The van der Waals surface area contributed by atoms with E-state index in [1.54, 1.807) is 0 Å². The maximum absolute atomic E-state index is 10.5. The van der Waals surface area contributed by atoms with Crippen LogP contribution in [0.1, 0.15) is 205 Å². The lowest BCUT2D eigenvalue weighted by molar-refractivity contribution is -0.138. The topological polar surface area (TPSA) is 94.8 Å². The minimum absolute atomic E-state index is 0.0950. The van der Waals surface area contributed by atoms with Crippen molar-refractivity contribution in [3.8, 4) is 0 Å². The lowest BCUT2D eigenvalue weighted by atomic mass is 10.0. The van der Waals surface area contributed by atoms with Gasteiger partial charge in [0.05, 0.1) is 6.10 Å². The Balaban J connectivity index is 3.24. The molecule has 0 aliphatic heterocycles. The number of allylic oxidation sites excluding steroid dienone is 4. The van der Waals surface area contributed by atoms with Crippen LogP contribution in [0.15, 0.2) is 24.3 Å². The summed E-state index contributed by atoms with van der Waals surface area (Å²) in [6, 6.07) is 0. The number of aliphatic carboxylic acids is 2. The maximum Gasteiger partial charge on any atom is 0.303 e. The Morgan fingerprint density at radius 1 is 0.364 bits per heavy atom. The molecule has 0 saturated carbocycles. The van der Waals surface area contributed by atoms with Crippen LogP contribution in [0, 0.1) is 0 Å². The highest BCUT2D eigenvalue weighted by Gasteiger charge is 2.04. The predicted octanol–water partition coefficient (Wildman–Crippen LogP) is 12.1. The summed E-state index contributed by atoms with van der Waals surface area (Å²) in [5.74, 6) is -1.35. The Morgan fingerprint density at radius 2 is 0.591 bits per heavy atom. The van der Waals surface area contributed by atoms with Gasteiger partial charge in [0.15, 0.2) is 0 Å². The van der Waals surface area contributed by atoms with Crippen LogP contribution in [0.3, 0.4) is 0 Å². The van der Waals surface area contributed by atoms with Crippen molar-refractivity contribution in [3.63, 3.8) is 0 Å². The third-order valence-electron chi connectivity index (χ3n) is 8.67. The fraction of sp³-hybridized carbons (Fsp3) is 0.846. The molecule has 258 valence electrons. The molecule has 0 atom stereocenters. The molecule has 0 unspecified atom stereocenters. The van der Waals surface area contributed by atoms with Crippen molar-refractivity contribution in [2.45, 2.75) is 212 Å². The molecule has 5 heteroatoms. The van der Waals surface area contributed by atoms with E-state index in [-0.39, 0.29) is 6.10 Å². The van der Waals surface area contributed by atoms with Gasteiger partial charge in [0.2, 0.25) is 0 Å². The molecule has 0 aromatic carbocycles. The zero-order valence-corrected chi connectivity index (χ0v) is 28.7. The first-order valence-electron chi connectivity index (χ1n) is 18.9. The third kappa shape index (κ3) is 38.4. The Labute approximate surface area is 272 Å². The minimum Gasteiger partial charge on any atom is -0.481 e. The largest absolute Gasteiger partial charge is 0.481 e. The molecular formula is C39H72O5. The smallest absolute Gasteiger partial charge is 0.303 e. The van der Waals surface area contributed by atoms with Gasteiger partial charge >= 0.3 is 11.9 Å². The fourth-order valence-electron chi connectivity index (χ4n) is 5.81. The summed E-state index contributed by atoms with van der Waals surface area (Å²) < 4.78 is 0. The van der Waals surface area contributed by atoms with Gasteiger partial charge in [-0.25, -0.2) is 0 Å².